The molecular formula is C20H24FN5O4S2. The van der Waals surface area contributed by atoms with Crippen LogP contribution < -0.4 is 10.1 Å². The molecule has 1 atom stereocenters. The van der Waals surface area contributed by atoms with Gasteiger partial charge >= 0.3 is 0 Å². The first-order valence-electron chi connectivity index (χ1n) is 9.64. The molecule has 1 saturated heterocycles. The Morgan fingerprint density at radius 1 is 1.28 bits per heavy atom. The Morgan fingerprint density at radius 2 is 2.06 bits per heavy atom. The van der Waals surface area contributed by atoms with Crippen LogP contribution in [0.15, 0.2) is 36.7 Å². The second-order valence-corrected chi connectivity index (χ2v) is 9.09. The van der Waals surface area contributed by atoms with Gasteiger partial charge in [0.2, 0.25) is 15.9 Å². The van der Waals surface area contributed by atoms with Crippen LogP contribution in [0.25, 0.3) is 22.3 Å². The van der Waals surface area contributed by atoms with Gasteiger partial charge in [-0.2, -0.15) is 17.8 Å². The van der Waals surface area contributed by atoms with Crippen molar-refractivity contribution in [3.63, 3.8) is 0 Å². The number of sulfonamides is 1. The van der Waals surface area contributed by atoms with Crippen molar-refractivity contribution in [1.82, 2.24) is 19.3 Å². The van der Waals surface area contributed by atoms with Crippen LogP contribution in [0.2, 0.25) is 0 Å². The van der Waals surface area contributed by atoms with Gasteiger partial charge in [-0.15, -0.1) is 0 Å². The van der Waals surface area contributed by atoms with Gasteiger partial charge in [-0.3, -0.25) is 4.98 Å². The van der Waals surface area contributed by atoms with Gasteiger partial charge in [0.25, 0.3) is 0 Å². The van der Waals surface area contributed by atoms with Crippen molar-refractivity contribution < 1.29 is 22.3 Å². The molecule has 32 heavy (non-hydrogen) atoms. The Balaban J connectivity index is 0.00000289. The fraction of sp³-hybridized carbons (Fsp3) is 0.350. The molecule has 0 radical (unpaired) electrons. The van der Waals surface area contributed by atoms with Crippen molar-refractivity contribution in [3.05, 3.63) is 42.5 Å². The van der Waals surface area contributed by atoms with Crippen molar-refractivity contribution in [1.29, 1.82) is 0 Å². The smallest absolute Gasteiger partial charge is 0.242 e. The van der Waals surface area contributed by atoms with E-state index in [9.17, 15) is 12.8 Å². The minimum absolute atomic E-state index is 0. The fourth-order valence-corrected chi connectivity index (χ4v) is 4.18. The lowest BCUT2D eigenvalue weighted by atomic mass is 10.1. The van der Waals surface area contributed by atoms with Crippen molar-refractivity contribution >= 4 is 40.2 Å². The number of nitrogens with zero attached hydrogens (tertiary/aromatic N) is 4. The van der Waals surface area contributed by atoms with Crippen LogP contribution >= 0.6 is 13.5 Å². The molecular weight excluding hydrogens is 457 g/mol. The molecule has 172 valence electrons. The van der Waals surface area contributed by atoms with E-state index in [-0.39, 0.29) is 39.1 Å². The summed E-state index contributed by atoms with van der Waals surface area (Å²) < 4.78 is 50.8. The van der Waals surface area contributed by atoms with Gasteiger partial charge in [0.1, 0.15) is 18.5 Å². The number of hydrogen-bond acceptors (Lipinski definition) is 8. The first-order chi connectivity index (χ1) is 14.8. The molecule has 1 fully saturated rings. The Kier molecular flexibility index (Phi) is 7.49. The minimum atomic E-state index is -3.31. The van der Waals surface area contributed by atoms with Crippen LogP contribution in [-0.2, 0) is 14.8 Å². The maximum Gasteiger partial charge on any atom is 0.242 e. The Hall–Kier alpha value is -2.54. The lowest BCUT2D eigenvalue weighted by Gasteiger charge is -2.30. The summed E-state index contributed by atoms with van der Waals surface area (Å²) in [5.41, 5.74) is 2.42. The molecule has 3 heterocycles. The number of halogens is 1. The van der Waals surface area contributed by atoms with Crippen LogP contribution in [0.5, 0.6) is 5.88 Å². The molecule has 0 saturated carbocycles. The maximum absolute atomic E-state index is 14.3. The molecule has 1 N–H and O–H groups in total. The third-order valence-corrected chi connectivity index (χ3v) is 6.20. The molecule has 3 aromatic rings. The molecule has 0 unspecified atom stereocenters. The van der Waals surface area contributed by atoms with Crippen molar-refractivity contribution in [2.45, 2.75) is 6.10 Å². The van der Waals surface area contributed by atoms with Gasteiger partial charge in [-0.1, -0.05) is 6.07 Å². The summed E-state index contributed by atoms with van der Waals surface area (Å²) in [6, 6.07) is 6.47. The van der Waals surface area contributed by atoms with Crippen LogP contribution in [-0.4, -0.2) is 73.4 Å². The fourth-order valence-electron chi connectivity index (χ4n) is 3.34. The average Bonchev–Trinajstić information content (AvgIpc) is 2.77. The maximum atomic E-state index is 14.3. The van der Waals surface area contributed by atoms with Crippen molar-refractivity contribution in [3.8, 4) is 17.1 Å². The largest absolute Gasteiger partial charge is 0.473 e. The molecule has 2 aromatic heterocycles. The molecule has 9 nitrogen and oxygen atoms in total. The van der Waals surface area contributed by atoms with Crippen LogP contribution in [0.4, 0.5) is 10.1 Å². The zero-order valence-corrected chi connectivity index (χ0v) is 19.4. The third kappa shape index (κ3) is 5.26. The van der Waals surface area contributed by atoms with Gasteiger partial charge in [0.15, 0.2) is 5.52 Å². The van der Waals surface area contributed by atoms with Gasteiger partial charge in [-0.25, -0.2) is 22.8 Å². The van der Waals surface area contributed by atoms with Crippen LogP contribution in [0.3, 0.4) is 0 Å². The van der Waals surface area contributed by atoms with Crippen LogP contribution in [0.1, 0.15) is 0 Å². The Labute approximate surface area is 192 Å². The molecule has 1 aliphatic rings. The number of benzene rings is 1. The lowest BCUT2D eigenvalue weighted by molar-refractivity contribution is -0.0252. The van der Waals surface area contributed by atoms with E-state index in [0.29, 0.717) is 34.5 Å². The number of anilines is 1. The Bertz CT molecular complexity index is 1210. The highest BCUT2D eigenvalue weighted by molar-refractivity contribution is 7.88. The second kappa shape index (κ2) is 9.94. The summed E-state index contributed by atoms with van der Waals surface area (Å²) in [6.07, 6.45) is 3.80. The number of rotatable bonds is 6. The number of nitrogens with one attached hydrogen (secondary N) is 1. The standard InChI is InChI=1S/C20H22FN5O4S.H2S/c1-22-16-4-3-13(9-15(16)21)17-10-18-19(24-6-5-23-18)20(25-17)30-12-14-11-26(7-8-29-14)31(2,27)28;/h3-6,9-10,14,22H,7-8,11-12H2,1-2H3;1H2/t14-;/m0./s1. The van der Waals surface area contributed by atoms with E-state index in [1.54, 1.807) is 31.4 Å². The number of aromatic nitrogens is 3. The Morgan fingerprint density at radius 3 is 2.78 bits per heavy atom. The number of hydrogen-bond donors (Lipinski definition) is 1. The second-order valence-electron chi connectivity index (χ2n) is 7.11. The minimum Gasteiger partial charge on any atom is -0.473 e. The van der Waals surface area contributed by atoms with Crippen molar-refractivity contribution in [2.24, 2.45) is 0 Å². The summed E-state index contributed by atoms with van der Waals surface area (Å²) in [5.74, 6) is -0.182. The van der Waals surface area contributed by atoms with E-state index < -0.39 is 21.9 Å². The summed E-state index contributed by atoms with van der Waals surface area (Å²) in [4.78, 5) is 13.1. The van der Waals surface area contributed by atoms with E-state index in [1.807, 2.05) is 0 Å². The topological polar surface area (TPSA) is 107 Å². The number of fused-ring (bicyclic) bond motifs is 1. The van der Waals surface area contributed by atoms with E-state index >= 15 is 0 Å². The predicted molar refractivity (Wildman–Crippen MR) is 124 cm³/mol. The summed E-state index contributed by atoms with van der Waals surface area (Å²) >= 11 is 0. The zero-order chi connectivity index (χ0) is 22.0. The van der Waals surface area contributed by atoms with Gasteiger partial charge in [-0.05, 0) is 18.2 Å². The first kappa shape index (κ1) is 24.1. The average molecular weight is 482 g/mol. The number of morpholine rings is 1. The van der Waals surface area contributed by atoms with Gasteiger partial charge in [0, 0.05) is 38.1 Å². The zero-order valence-electron chi connectivity index (χ0n) is 17.6. The highest BCUT2D eigenvalue weighted by Crippen LogP contribution is 2.29. The third-order valence-electron chi connectivity index (χ3n) is 4.94. The predicted octanol–water partition coefficient (Wildman–Crippen LogP) is 2.02. The van der Waals surface area contributed by atoms with Crippen LogP contribution in [0, 0.1) is 5.82 Å². The molecule has 0 bridgehead atoms. The van der Waals surface area contributed by atoms with Crippen molar-refractivity contribution in [2.75, 3.05) is 44.9 Å². The normalized spacial score (nSPS) is 17.0. The highest BCUT2D eigenvalue weighted by atomic mass is 32.2. The molecule has 0 amide bonds. The molecule has 12 heteroatoms. The SMILES string of the molecule is CNc1ccc(-c2cc3nccnc3c(OC[C@@H]3CN(S(C)(=O)=O)CCO3)n2)cc1F.S. The molecule has 0 spiro atoms. The summed E-state index contributed by atoms with van der Waals surface area (Å²) in [7, 11) is -1.66. The highest BCUT2D eigenvalue weighted by Gasteiger charge is 2.27. The van der Waals surface area contributed by atoms with Gasteiger partial charge < -0.3 is 14.8 Å². The quantitative estimate of drug-likeness (QED) is 0.570. The molecule has 4 rings (SSSR count). The van der Waals surface area contributed by atoms with E-state index in [4.69, 9.17) is 9.47 Å². The molecule has 0 aliphatic carbocycles. The monoisotopic (exact) mass is 481 g/mol. The molecule has 1 aromatic carbocycles. The van der Waals surface area contributed by atoms with E-state index in [0.717, 1.165) is 0 Å². The van der Waals surface area contributed by atoms with E-state index in [2.05, 4.69) is 20.3 Å². The number of ether oxygens (including phenoxy) is 2. The lowest BCUT2D eigenvalue weighted by Crippen LogP contribution is -2.47. The van der Waals surface area contributed by atoms with Gasteiger partial charge in [0.05, 0.1) is 29.8 Å². The van der Waals surface area contributed by atoms with E-state index in [1.165, 1.54) is 22.8 Å². The molecule has 1 aliphatic heterocycles. The number of pyridine rings is 1. The summed E-state index contributed by atoms with van der Waals surface area (Å²) in [6.45, 7) is 0.873. The summed E-state index contributed by atoms with van der Waals surface area (Å²) in [5, 5.41) is 2.78. The first-order valence-corrected chi connectivity index (χ1v) is 11.5.